The minimum Gasteiger partial charge on any atom is -0.337 e. The number of amidine groups is 1. The summed E-state index contributed by atoms with van der Waals surface area (Å²) in [6, 6.07) is 13.3. The van der Waals surface area contributed by atoms with E-state index in [1.165, 1.54) is 12.1 Å². The summed E-state index contributed by atoms with van der Waals surface area (Å²) in [4.78, 5) is 27.1. The quantitative estimate of drug-likeness (QED) is 0.288. The summed E-state index contributed by atoms with van der Waals surface area (Å²) >= 11 is 4.89. The minimum atomic E-state index is -0.391. The van der Waals surface area contributed by atoms with Crippen molar-refractivity contribution >= 4 is 62.1 Å². The predicted octanol–water partition coefficient (Wildman–Crippen LogP) is 4.81. The van der Waals surface area contributed by atoms with E-state index in [1.54, 1.807) is 52.0 Å². The third kappa shape index (κ3) is 6.26. The number of likely N-dealkylation sites (tertiary alicyclic amines) is 1. The van der Waals surface area contributed by atoms with Gasteiger partial charge in [0.1, 0.15) is 5.82 Å². The molecule has 2 aromatic carbocycles. The predicted molar refractivity (Wildman–Crippen MR) is 132 cm³/mol. The lowest BCUT2D eigenvalue weighted by Crippen LogP contribution is -2.46. The van der Waals surface area contributed by atoms with Crippen LogP contribution in [0, 0.1) is 23.1 Å². The van der Waals surface area contributed by atoms with Gasteiger partial charge >= 0.3 is 6.03 Å². The van der Waals surface area contributed by atoms with Gasteiger partial charge in [-0.15, -0.1) is 0 Å². The number of hydrogen-bond donors (Lipinski definition) is 2. The van der Waals surface area contributed by atoms with E-state index in [2.05, 4.69) is 35.8 Å². The molecule has 1 saturated heterocycles. The molecule has 1 aliphatic rings. The van der Waals surface area contributed by atoms with Crippen LogP contribution in [0.1, 0.15) is 24.0 Å². The van der Waals surface area contributed by atoms with Crippen LogP contribution in [0.2, 0.25) is 0 Å². The third-order valence-electron chi connectivity index (χ3n) is 5.15. The van der Waals surface area contributed by atoms with Gasteiger partial charge in [-0.25, -0.2) is 9.18 Å². The van der Waals surface area contributed by atoms with Crippen molar-refractivity contribution < 1.29 is 14.0 Å². The second-order valence-corrected chi connectivity index (χ2v) is 8.62. The van der Waals surface area contributed by atoms with Crippen LogP contribution in [0.25, 0.3) is 0 Å². The maximum Gasteiger partial charge on any atom is 0.317 e. The van der Waals surface area contributed by atoms with E-state index in [0.29, 0.717) is 48.2 Å². The molecule has 0 bridgehead atoms. The average molecular weight is 612 g/mol. The second kappa shape index (κ2) is 11.4. The summed E-state index contributed by atoms with van der Waals surface area (Å²) in [6.45, 7) is 1.24. The summed E-state index contributed by atoms with van der Waals surface area (Å²) in [6.07, 6.45) is 1.06. The first kappa shape index (κ1) is 24.1. The Labute approximate surface area is 207 Å². The molecule has 3 rings (SSSR count). The van der Waals surface area contributed by atoms with E-state index in [4.69, 9.17) is 5.26 Å². The lowest BCUT2D eigenvalue weighted by Gasteiger charge is -2.31. The Morgan fingerprint density at radius 1 is 1.25 bits per heavy atom. The van der Waals surface area contributed by atoms with E-state index in [-0.39, 0.29) is 23.6 Å². The Bertz CT molecular complexity index is 1080. The van der Waals surface area contributed by atoms with Crippen LogP contribution < -0.4 is 10.6 Å². The highest BCUT2D eigenvalue weighted by atomic mass is 127. The van der Waals surface area contributed by atoms with Crippen molar-refractivity contribution in [3.8, 4) is 6.07 Å². The first-order chi connectivity index (χ1) is 15.4. The maximum absolute atomic E-state index is 13.4. The van der Waals surface area contributed by atoms with E-state index in [1.807, 2.05) is 6.07 Å². The monoisotopic (exact) mass is 611 g/mol. The lowest BCUT2D eigenvalue weighted by molar-refractivity contribution is -0.117. The van der Waals surface area contributed by atoms with Crippen molar-refractivity contribution in [3.63, 3.8) is 0 Å². The van der Waals surface area contributed by atoms with Gasteiger partial charge in [0.05, 0.1) is 39.0 Å². The van der Waals surface area contributed by atoms with Gasteiger partial charge < -0.3 is 15.5 Å². The first-order valence-corrected chi connectivity index (χ1v) is 11.6. The van der Waals surface area contributed by atoms with E-state index in [9.17, 15) is 14.0 Å². The van der Waals surface area contributed by atoms with Crippen molar-refractivity contribution in [2.75, 3.05) is 18.4 Å². The molecule has 1 fully saturated rings. The number of anilines is 1. The highest BCUT2D eigenvalue weighted by Crippen LogP contribution is 2.23. The Hall–Kier alpha value is -2.52. The molecule has 0 aromatic heterocycles. The van der Waals surface area contributed by atoms with Crippen LogP contribution in [0.3, 0.4) is 0 Å². The highest BCUT2D eigenvalue weighted by Gasteiger charge is 2.30. The fraction of sp³-hybridized carbons (Fsp3) is 0.273. The number of halogens is 3. The molecule has 0 aliphatic carbocycles. The standard InChI is InChI=1S/C22H20BrFIN5O2/c23-18-11-17(4-5-19(18)24)28-21(29-25)20(31)16-6-8-30(9-7-16)22(32)27-13-15-3-1-2-14(10-15)12-26/h1-5,10-11,16H,6-9,13H2,(H,27,32)(H,28,29). The van der Waals surface area contributed by atoms with Gasteiger partial charge in [0, 0.05) is 31.2 Å². The SMILES string of the molecule is N#Cc1cccc(CNC(=O)N2CCC(C(=O)/C(=N/I)Nc3ccc(F)c(Br)c3)CC2)c1. The number of urea groups is 1. The molecular weight excluding hydrogens is 592 g/mol. The number of Topliss-reactive ketones (excluding diaryl/α,β-unsaturated/α-hetero) is 1. The zero-order chi connectivity index (χ0) is 23.1. The molecule has 7 nitrogen and oxygen atoms in total. The molecule has 2 amide bonds. The topological polar surface area (TPSA) is 97.6 Å². The van der Waals surface area contributed by atoms with Crippen LogP contribution in [0.4, 0.5) is 14.9 Å². The Morgan fingerprint density at radius 2 is 2.00 bits per heavy atom. The van der Waals surface area contributed by atoms with Crippen LogP contribution in [0.5, 0.6) is 0 Å². The van der Waals surface area contributed by atoms with Crippen LogP contribution in [0.15, 0.2) is 50.1 Å². The molecule has 0 saturated carbocycles. The van der Waals surface area contributed by atoms with Gasteiger partial charge in [0.25, 0.3) is 0 Å². The molecule has 0 atom stereocenters. The molecule has 10 heteroatoms. The number of carbonyl (C=O) groups is 2. The van der Waals surface area contributed by atoms with Crippen molar-refractivity contribution in [1.82, 2.24) is 10.2 Å². The molecule has 0 radical (unpaired) electrons. The van der Waals surface area contributed by atoms with Crippen LogP contribution in [-0.4, -0.2) is 35.6 Å². The summed E-state index contributed by atoms with van der Waals surface area (Å²) in [5.74, 6) is -0.577. The van der Waals surface area contributed by atoms with Gasteiger partial charge in [-0.2, -0.15) is 8.47 Å². The smallest absolute Gasteiger partial charge is 0.317 e. The first-order valence-electron chi connectivity index (χ1n) is 9.88. The number of nitrogens with zero attached hydrogens (tertiary/aromatic N) is 3. The molecule has 1 aliphatic heterocycles. The summed E-state index contributed by atoms with van der Waals surface area (Å²) in [5, 5.41) is 14.8. The van der Waals surface area contributed by atoms with Gasteiger partial charge in [-0.05, 0) is 64.7 Å². The summed E-state index contributed by atoms with van der Waals surface area (Å²) in [5.41, 5.74) is 1.95. The number of carbonyl (C=O) groups excluding carboxylic acids is 2. The maximum atomic E-state index is 13.4. The second-order valence-electron chi connectivity index (χ2n) is 7.28. The fourth-order valence-electron chi connectivity index (χ4n) is 3.41. The van der Waals surface area contributed by atoms with E-state index < -0.39 is 5.82 Å². The molecule has 0 unspecified atom stereocenters. The number of amides is 2. The molecule has 0 spiro atoms. The number of benzene rings is 2. The van der Waals surface area contributed by atoms with Gasteiger partial charge in [0.15, 0.2) is 5.84 Å². The third-order valence-corrected chi connectivity index (χ3v) is 6.24. The van der Waals surface area contributed by atoms with Crippen molar-refractivity contribution in [1.29, 1.82) is 5.26 Å². The van der Waals surface area contributed by atoms with Crippen molar-refractivity contribution in [2.24, 2.45) is 9.12 Å². The van der Waals surface area contributed by atoms with Gasteiger partial charge in [-0.1, -0.05) is 12.1 Å². The Kier molecular flexibility index (Phi) is 8.58. The molecular formula is C22H20BrFIN5O2. The number of ketones is 1. The average Bonchev–Trinajstić information content (AvgIpc) is 2.83. The summed E-state index contributed by atoms with van der Waals surface area (Å²) < 4.78 is 17.8. The Morgan fingerprint density at radius 3 is 2.66 bits per heavy atom. The fourth-order valence-corrected chi connectivity index (χ4v) is 4.15. The lowest BCUT2D eigenvalue weighted by atomic mass is 9.92. The highest BCUT2D eigenvalue weighted by molar-refractivity contribution is 14.1. The summed E-state index contributed by atoms with van der Waals surface area (Å²) in [7, 11) is 0. The molecule has 166 valence electrons. The van der Waals surface area contributed by atoms with Gasteiger partial charge in [0.2, 0.25) is 5.78 Å². The largest absolute Gasteiger partial charge is 0.337 e. The van der Waals surface area contributed by atoms with Crippen molar-refractivity contribution in [2.45, 2.75) is 19.4 Å². The van der Waals surface area contributed by atoms with Gasteiger partial charge in [-0.3, -0.25) is 4.79 Å². The van der Waals surface area contributed by atoms with E-state index >= 15 is 0 Å². The van der Waals surface area contributed by atoms with Crippen LogP contribution in [-0.2, 0) is 11.3 Å². The Balaban J connectivity index is 1.51. The molecule has 2 aromatic rings. The number of rotatable bonds is 5. The zero-order valence-corrected chi connectivity index (χ0v) is 20.7. The molecule has 2 N–H and O–H groups in total. The number of piperidine rings is 1. The van der Waals surface area contributed by atoms with Crippen LogP contribution >= 0.6 is 38.8 Å². The molecule has 1 heterocycles. The number of nitriles is 1. The normalized spacial score (nSPS) is 14.6. The zero-order valence-electron chi connectivity index (χ0n) is 16.9. The minimum absolute atomic E-state index is 0.131. The number of hydrogen-bond acceptors (Lipinski definition) is 4. The molecule has 32 heavy (non-hydrogen) atoms. The number of nitrogens with one attached hydrogen (secondary N) is 2. The van der Waals surface area contributed by atoms with Crippen molar-refractivity contribution in [3.05, 3.63) is 63.9 Å². The van der Waals surface area contributed by atoms with E-state index in [0.717, 1.165) is 5.56 Å².